The summed E-state index contributed by atoms with van der Waals surface area (Å²) in [6, 6.07) is 4.48. The third kappa shape index (κ3) is 2.62. The van der Waals surface area contributed by atoms with Gasteiger partial charge in [-0.3, -0.25) is 0 Å². The van der Waals surface area contributed by atoms with Crippen molar-refractivity contribution in [1.82, 2.24) is 0 Å². The fourth-order valence-electron chi connectivity index (χ4n) is 1.10. The molecule has 0 unspecified atom stereocenters. The van der Waals surface area contributed by atoms with E-state index in [2.05, 4.69) is 39.8 Å². The zero-order valence-electron chi connectivity index (χ0n) is 9.15. The van der Waals surface area contributed by atoms with E-state index in [4.69, 9.17) is 0 Å². The molecule has 0 heterocycles. The molecule has 0 aromatic heterocycles. The van der Waals surface area contributed by atoms with Gasteiger partial charge in [0.15, 0.2) is 0 Å². The van der Waals surface area contributed by atoms with Crippen molar-refractivity contribution in [2.45, 2.75) is 27.7 Å². The maximum atomic E-state index is 2.24. The average molecular weight is 158 g/mol. The molecule has 1 heteroatoms. The van der Waals surface area contributed by atoms with Crippen LogP contribution in [-0.2, 0) is 0 Å². The Labute approximate surface area is 92.8 Å². The maximum absolute atomic E-state index is 2.24. The molecule has 1 rings (SSSR count). The molecule has 0 radical (unpaired) electrons. The average Bonchev–Trinajstić information content (AvgIpc) is 1.84. The Morgan fingerprint density at radius 1 is 0.727 bits per heavy atom. The first kappa shape index (κ1) is 11.2. The standard InChI is InChI=1S/C10H14.Na.H/c1-7-5-9(3)10(4)6-8(7)2;;/h5-6H,1-4H3;;/q;+1;-1. The number of hydrogen-bond acceptors (Lipinski definition) is 0. The topological polar surface area (TPSA) is 0 Å². The van der Waals surface area contributed by atoms with Gasteiger partial charge in [-0.05, 0) is 49.9 Å². The molecule has 1 aromatic rings. The van der Waals surface area contributed by atoms with E-state index in [0.717, 1.165) is 0 Å². The Morgan fingerprint density at radius 3 is 1.09 bits per heavy atom. The molecule has 0 N–H and O–H groups in total. The van der Waals surface area contributed by atoms with Crippen LogP contribution in [0.2, 0.25) is 0 Å². The molecule has 0 saturated heterocycles. The first-order chi connectivity index (χ1) is 4.61. The molecule has 0 aliphatic rings. The van der Waals surface area contributed by atoms with Gasteiger partial charge in [-0.15, -0.1) is 0 Å². The second-order valence-corrected chi connectivity index (χ2v) is 3.02. The monoisotopic (exact) mass is 158 g/mol. The molecule has 0 fully saturated rings. The van der Waals surface area contributed by atoms with E-state index >= 15 is 0 Å². The van der Waals surface area contributed by atoms with Crippen molar-refractivity contribution < 1.29 is 31.0 Å². The Kier molecular flexibility index (Phi) is 4.38. The number of benzene rings is 1. The Bertz CT molecular complexity index is 206. The summed E-state index contributed by atoms with van der Waals surface area (Å²) in [4.78, 5) is 0. The summed E-state index contributed by atoms with van der Waals surface area (Å²) in [6.45, 7) is 8.62. The Balaban J connectivity index is 0. The van der Waals surface area contributed by atoms with E-state index in [1.54, 1.807) is 0 Å². The maximum Gasteiger partial charge on any atom is 1.00 e. The summed E-state index contributed by atoms with van der Waals surface area (Å²) >= 11 is 0. The number of rotatable bonds is 0. The molecule has 0 spiro atoms. The van der Waals surface area contributed by atoms with Crippen molar-refractivity contribution in [2.75, 3.05) is 0 Å². The molecule has 0 amide bonds. The van der Waals surface area contributed by atoms with Gasteiger partial charge >= 0.3 is 29.6 Å². The Morgan fingerprint density at radius 2 is 0.909 bits per heavy atom. The summed E-state index contributed by atoms with van der Waals surface area (Å²) in [6.07, 6.45) is 0. The fourth-order valence-corrected chi connectivity index (χ4v) is 1.10. The van der Waals surface area contributed by atoms with Gasteiger partial charge in [0.1, 0.15) is 0 Å². The minimum Gasteiger partial charge on any atom is -1.00 e. The SMILES string of the molecule is Cc1cc(C)c(C)cc1C.[H-].[Na+]. The minimum absolute atomic E-state index is 0. The zero-order valence-corrected chi connectivity index (χ0v) is 10.2. The van der Waals surface area contributed by atoms with Crippen LogP contribution in [0.25, 0.3) is 0 Å². The summed E-state index contributed by atoms with van der Waals surface area (Å²) < 4.78 is 0. The largest absolute Gasteiger partial charge is 1.00 e. The van der Waals surface area contributed by atoms with Crippen LogP contribution in [0.4, 0.5) is 0 Å². The summed E-state index contributed by atoms with van der Waals surface area (Å²) in [5, 5.41) is 0. The van der Waals surface area contributed by atoms with Crippen molar-refractivity contribution in [3.05, 3.63) is 34.4 Å². The van der Waals surface area contributed by atoms with E-state index in [1.807, 2.05) is 0 Å². The first-order valence-electron chi connectivity index (χ1n) is 3.65. The molecule has 0 bridgehead atoms. The van der Waals surface area contributed by atoms with Crippen molar-refractivity contribution in [3.63, 3.8) is 0 Å². The van der Waals surface area contributed by atoms with E-state index in [0.29, 0.717) is 0 Å². The van der Waals surface area contributed by atoms with Crippen LogP contribution in [0.1, 0.15) is 23.7 Å². The molecule has 0 atom stereocenters. The van der Waals surface area contributed by atoms with E-state index in [9.17, 15) is 0 Å². The van der Waals surface area contributed by atoms with Gasteiger partial charge in [-0.2, -0.15) is 0 Å². The third-order valence-corrected chi connectivity index (χ3v) is 2.11. The van der Waals surface area contributed by atoms with E-state index in [-0.39, 0.29) is 31.0 Å². The molecular formula is C10H15Na. The molecule has 0 saturated carbocycles. The van der Waals surface area contributed by atoms with E-state index < -0.39 is 0 Å². The van der Waals surface area contributed by atoms with Crippen molar-refractivity contribution in [1.29, 1.82) is 0 Å². The molecule has 1 aromatic carbocycles. The van der Waals surface area contributed by atoms with Crippen LogP contribution >= 0.6 is 0 Å². The van der Waals surface area contributed by atoms with Gasteiger partial charge in [0.05, 0.1) is 0 Å². The van der Waals surface area contributed by atoms with Crippen LogP contribution in [0.3, 0.4) is 0 Å². The zero-order chi connectivity index (χ0) is 7.72. The second-order valence-electron chi connectivity index (χ2n) is 3.02. The van der Waals surface area contributed by atoms with Gasteiger partial charge in [0, 0.05) is 0 Å². The first-order valence-corrected chi connectivity index (χ1v) is 3.65. The van der Waals surface area contributed by atoms with Gasteiger partial charge in [-0.25, -0.2) is 0 Å². The minimum atomic E-state index is 0. The van der Waals surface area contributed by atoms with Crippen LogP contribution in [0, 0.1) is 27.7 Å². The molecule has 56 valence electrons. The van der Waals surface area contributed by atoms with Crippen LogP contribution in [0.15, 0.2) is 12.1 Å². The van der Waals surface area contributed by atoms with E-state index in [1.165, 1.54) is 22.3 Å². The summed E-state index contributed by atoms with van der Waals surface area (Å²) in [7, 11) is 0. The normalized spacial score (nSPS) is 9.09. The molecule has 11 heavy (non-hydrogen) atoms. The number of hydrogen-bond donors (Lipinski definition) is 0. The molecule has 0 nitrogen and oxygen atoms in total. The predicted octanol–water partition coefficient (Wildman–Crippen LogP) is 0.0368. The summed E-state index contributed by atoms with van der Waals surface area (Å²) in [5.41, 5.74) is 5.57. The van der Waals surface area contributed by atoms with Gasteiger partial charge in [0.25, 0.3) is 0 Å². The van der Waals surface area contributed by atoms with Crippen LogP contribution < -0.4 is 29.6 Å². The van der Waals surface area contributed by atoms with Crippen LogP contribution in [0.5, 0.6) is 0 Å². The number of aryl methyl sites for hydroxylation is 4. The quantitative estimate of drug-likeness (QED) is 0.468. The van der Waals surface area contributed by atoms with Gasteiger partial charge in [0.2, 0.25) is 0 Å². The fraction of sp³-hybridized carbons (Fsp3) is 0.400. The van der Waals surface area contributed by atoms with Crippen LogP contribution in [-0.4, -0.2) is 0 Å². The Hall–Kier alpha value is 0.220. The van der Waals surface area contributed by atoms with Gasteiger partial charge in [-0.1, -0.05) is 12.1 Å². The van der Waals surface area contributed by atoms with Crippen molar-refractivity contribution in [3.8, 4) is 0 Å². The molecule has 0 aliphatic carbocycles. The summed E-state index contributed by atoms with van der Waals surface area (Å²) in [5.74, 6) is 0. The smallest absolute Gasteiger partial charge is 1.00 e. The van der Waals surface area contributed by atoms with Crippen molar-refractivity contribution >= 4 is 0 Å². The molecular weight excluding hydrogens is 143 g/mol. The molecule has 0 aliphatic heterocycles. The van der Waals surface area contributed by atoms with Gasteiger partial charge < -0.3 is 1.43 Å². The van der Waals surface area contributed by atoms with Crippen molar-refractivity contribution in [2.24, 2.45) is 0 Å². The third-order valence-electron chi connectivity index (χ3n) is 2.11. The predicted molar refractivity (Wildman–Crippen MR) is 46.5 cm³/mol. The second kappa shape index (κ2) is 4.30.